The summed E-state index contributed by atoms with van der Waals surface area (Å²) in [5.41, 5.74) is 5.45. The molecule has 6 aromatic carbocycles. The van der Waals surface area contributed by atoms with Gasteiger partial charge in [-0.25, -0.2) is 43.1 Å². The van der Waals surface area contributed by atoms with Crippen LogP contribution < -0.4 is 37.9 Å². The number of fused-ring (bicyclic) bond motifs is 4. The zero-order chi connectivity index (χ0) is 106. The molecule has 5 fully saturated rings. The fourth-order valence-electron chi connectivity index (χ4n) is 16.6. The summed E-state index contributed by atoms with van der Waals surface area (Å²) in [4.78, 5) is 87.8. The van der Waals surface area contributed by atoms with E-state index >= 15 is 0 Å². The van der Waals surface area contributed by atoms with Gasteiger partial charge < -0.3 is 67.8 Å². The number of methoxy groups -OCH3 is 5. The Labute approximate surface area is 834 Å². The van der Waals surface area contributed by atoms with E-state index in [0.29, 0.717) is 134 Å². The van der Waals surface area contributed by atoms with E-state index in [0.717, 1.165) is 31.5 Å². The summed E-state index contributed by atoms with van der Waals surface area (Å²) in [5.74, 6) is -1.25. The monoisotopic (exact) mass is 2080 g/mol. The van der Waals surface area contributed by atoms with Gasteiger partial charge in [-0.1, -0.05) is 24.3 Å². The number of esters is 6. The average Bonchev–Trinajstić information content (AvgIpc) is 1.59. The van der Waals surface area contributed by atoms with Crippen LogP contribution >= 0.6 is 23.2 Å². The predicted octanol–water partition coefficient (Wildman–Crippen LogP) is 13.4. The van der Waals surface area contributed by atoms with Crippen molar-refractivity contribution in [2.24, 2.45) is 15.6 Å². The molecular weight excluding hydrogens is 1950 g/mol. The van der Waals surface area contributed by atoms with Gasteiger partial charge in [0.25, 0.3) is 0 Å². The number of sulfonamides is 4. The van der Waals surface area contributed by atoms with Crippen molar-refractivity contribution in [1.29, 1.82) is 5.53 Å². The number of aliphatic carboxylic acids is 1. The normalized spacial score (nSPS) is 20.8. The molecule has 0 amide bonds. The Hall–Kier alpha value is -10.5. The highest BCUT2D eigenvalue weighted by Crippen LogP contribution is 2.53. The smallest absolute Gasteiger partial charge is 0.321 e. The molecular formula is C98H128Cl2N8O29S4. The maximum Gasteiger partial charge on any atom is 0.321 e. The summed E-state index contributed by atoms with van der Waals surface area (Å²) in [6, 6.07) is 27.9. The summed E-state index contributed by atoms with van der Waals surface area (Å²) in [6.45, 7) is 30.8. The Kier molecular flexibility index (Phi) is 37.8. The van der Waals surface area contributed by atoms with Gasteiger partial charge in [-0.2, -0.15) is 19.3 Å². The summed E-state index contributed by atoms with van der Waals surface area (Å²) >= 11 is 9.53. The van der Waals surface area contributed by atoms with Crippen molar-refractivity contribution in [3.05, 3.63) is 190 Å². The molecule has 0 aliphatic carbocycles. The molecule has 0 spiro atoms. The maximum absolute atomic E-state index is 13.5. The number of rotatable bonds is 20. The minimum Gasteiger partial charge on any atom is -0.497 e. The van der Waals surface area contributed by atoms with Gasteiger partial charge in [0.2, 0.25) is 46.4 Å². The van der Waals surface area contributed by atoms with Gasteiger partial charge in [-0.3, -0.25) is 33.6 Å². The molecule has 5 saturated heterocycles. The first-order valence-corrected chi connectivity index (χ1v) is 51.8. The quantitative estimate of drug-likeness (QED) is 0.00932. The Balaban J connectivity index is 0.000000221. The fraction of sp³-hybridized carbons (Fsp3) is 0.500. The first kappa shape index (κ1) is 116. The third kappa shape index (κ3) is 24.9. The van der Waals surface area contributed by atoms with E-state index in [2.05, 4.69) is 25.0 Å². The second-order valence-electron chi connectivity index (χ2n) is 38.2. The van der Waals surface area contributed by atoms with Crippen LogP contribution in [0.15, 0.2) is 127 Å². The molecule has 37 nitrogen and oxygen atoms in total. The van der Waals surface area contributed by atoms with Gasteiger partial charge in [-0.05, 0) is 284 Å². The second kappa shape index (κ2) is 46.0. The molecule has 0 saturated carbocycles. The van der Waals surface area contributed by atoms with E-state index in [-0.39, 0.29) is 51.9 Å². The van der Waals surface area contributed by atoms with Crippen LogP contribution in [0.3, 0.4) is 0 Å². The lowest BCUT2D eigenvalue weighted by molar-refractivity contribution is -0.147. The lowest BCUT2D eigenvalue weighted by Gasteiger charge is -2.27. The van der Waals surface area contributed by atoms with Crippen molar-refractivity contribution in [1.82, 2.24) is 18.1 Å². The number of carboxylic acids is 1. The highest BCUT2D eigenvalue weighted by atomic mass is 35.5. The summed E-state index contributed by atoms with van der Waals surface area (Å²) in [7, 11) is -5.06. The van der Waals surface area contributed by atoms with Crippen LogP contribution in [0.5, 0.6) is 34.5 Å². The van der Waals surface area contributed by atoms with Crippen LogP contribution in [0.4, 0.5) is 0 Å². The van der Waals surface area contributed by atoms with Crippen LogP contribution in [-0.2, 0) is 149 Å². The molecule has 772 valence electrons. The summed E-state index contributed by atoms with van der Waals surface area (Å²) in [5, 5.41) is 46.0. The Morgan fingerprint density at radius 2 is 0.894 bits per heavy atom. The van der Waals surface area contributed by atoms with Crippen LogP contribution in [0, 0.1) is 5.53 Å². The van der Waals surface area contributed by atoms with Crippen LogP contribution in [0.25, 0.3) is 18.2 Å². The average molecular weight is 2080 g/mol. The third-order valence-electron chi connectivity index (χ3n) is 25.8. The number of carboxylic acid groups (broad SMARTS) is 1. The zero-order valence-electron chi connectivity index (χ0n) is 83.4. The Bertz CT molecular complexity index is 6320. The van der Waals surface area contributed by atoms with Gasteiger partial charge in [0.1, 0.15) is 39.7 Å². The van der Waals surface area contributed by atoms with Crippen molar-refractivity contribution in [2.75, 3.05) is 94.4 Å². The van der Waals surface area contributed by atoms with E-state index in [4.69, 9.17) is 81.2 Å². The Morgan fingerprint density at radius 3 is 1.23 bits per heavy atom. The maximum atomic E-state index is 13.5. The summed E-state index contributed by atoms with van der Waals surface area (Å²) < 4.78 is 162. The minimum atomic E-state index is -3.85. The topological polar surface area (TPSA) is 521 Å². The highest BCUT2D eigenvalue weighted by molar-refractivity contribution is 7.94. The zero-order valence-corrected chi connectivity index (χ0v) is 88.2. The number of nitrogens with one attached hydrogen (secondary N) is 3. The van der Waals surface area contributed by atoms with Gasteiger partial charge in [0.15, 0.2) is 0 Å². The molecule has 15 rings (SSSR count). The molecule has 9 heterocycles. The molecule has 0 radical (unpaired) electrons. The largest absolute Gasteiger partial charge is 0.497 e. The van der Waals surface area contributed by atoms with E-state index in [1.807, 2.05) is 12.1 Å². The first-order chi connectivity index (χ1) is 65.7. The molecule has 7 N–H and O–H groups in total. The van der Waals surface area contributed by atoms with Gasteiger partial charge in [0.05, 0.1) is 112 Å². The number of hydrogen-bond donors (Lipinski definition) is 7. The summed E-state index contributed by atoms with van der Waals surface area (Å²) in [6.07, 6.45) is 6.15. The molecule has 9 aliphatic heterocycles. The third-order valence-corrected chi connectivity index (χ3v) is 33.3. The van der Waals surface area contributed by atoms with Crippen LogP contribution in [0.2, 0.25) is 0 Å². The number of carbonyl (C=O) groups is 7. The molecule has 3 atom stereocenters. The van der Waals surface area contributed by atoms with Crippen molar-refractivity contribution in [3.8, 4) is 34.5 Å². The second-order valence-corrected chi connectivity index (χ2v) is 46.8. The number of ether oxygens (including phenoxy) is 10. The number of benzene rings is 6. The molecule has 9 aliphatic rings. The fourth-order valence-corrected chi connectivity index (χ4v) is 22.6. The molecule has 43 heteroatoms. The van der Waals surface area contributed by atoms with Gasteiger partial charge in [0, 0.05) is 104 Å². The lowest BCUT2D eigenvalue weighted by Crippen LogP contribution is -2.33. The van der Waals surface area contributed by atoms with E-state index < -0.39 is 143 Å². The number of aliphatic hydroxyl groups is 3. The molecule has 0 aromatic heterocycles. The molecule has 1 unspecified atom stereocenters. The number of aliphatic hydroxyl groups excluding tert-OH is 3. The van der Waals surface area contributed by atoms with Crippen molar-refractivity contribution >= 4 is 123 Å². The van der Waals surface area contributed by atoms with E-state index in [1.165, 1.54) is 49.8 Å². The minimum absolute atomic E-state index is 0.176. The highest BCUT2D eigenvalue weighted by Gasteiger charge is 2.53. The van der Waals surface area contributed by atoms with Gasteiger partial charge in [-0.15, -0.1) is 23.2 Å². The van der Waals surface area contributed by atoms with Gasteiger partial charge >= 0.3 is 41.8 Å². The number of halogens is 2. The number of alkyl halides is 2. The Morgan fingerprint density at radius 1 is 0.532 bits per heavy atom. The molecule has 6 aromatic rings. The predicted molar refractivity (Wildman–Crippen MR) is 528 cm³/mol. The standard InChI is InChI=1S/C27H33NO8S.C27H31NO7S.C19H23NO6S.C18H23NO6S.C4H8O.CH2Cl2.CH4N4.CH4O/c1-26(2,24(30)35-6)19-13-17(14-20-23(19)36-25(31)27(20,3)4)22(29)21-11-12-28(37(21,32)33)15-16-7-9-18(34-5)10-8-16;1-26(2,24(29)34-6)21-14-18(15-22-23(21)35-25(30)27(22,3)4)13-20-11-12-28(36(20,31)32)16-17-7-9-19(33-5)10-8-17;1-18(2,16(21)25-5)13-9-11(8-12-6-7-20-27(12,23)24)10-14-15(13)26-17(22)19(14,3)4;1-17(2,15(20)21)12-8-10(7-11-5-6-19-26(11,23)24)9-13-14(12)25-16(22)18(13,3)4;1-2-4-5-3-1;2-1-3;1-3-5-4-2;1-2/h7-10,13-14,21-22,29H,11-12,15H2,1-6H3;7-10,13-15H,11-12,16H2,1-6H3;8-10,20H,6-7H2,1-5H3;7-9,16,19,22H,5-6H2,1-4H3,(H,20,21);1-4H2;1H2;2H,1H3;2H,1H3/b;20-13+;12-8+;11-7+;;;;/t21-,22+;;;;;;;/m0......./s1. The van der Waals surface area contributed by atoms with Crippen molar-refractivity contribution < 1.29 is 135 Å². The van der Waals surface area contributed by atoms with E-state index in [1.54, 1.807) is 228 Å². The van der Waals surface area contributed by atoms with Crippen molar-refractivity contribution in [3.63, 3.8) is 0 Å². The first-order valence-electron chi connectivity index (χ1n) is 44.8. The number of hydrogen-bond acceptors (Lipinski definition) is 30. The number of nitrogens with zero attached hydrogens (tertiary/aromatic N) is 5. The molecule has 141 heavy (non-hydrogen) atoms. The van der Waals surface area contributed by atoms with Crippen LogP contribution in [-0.4, -0.2) is 210 Å². The van der Waals surface area contributed by atoms with E-state index in [9.17, 15) is 82.6 Å². The van der Waals surface area contributed by atoms with Crippen molar-refractivity contribution in [2.45, 2.75) is 223 Å². The lowest BCUT2D eigenvalue weighted by atomic mass is 9.77. The number of carbonyl (C=O) groups excluding carboxylic acids is 6. The van der Waals surface area contributed by atoms with Crippen LogP contribution in [0.1, 0.15) is 233 Å². The molecule has 0 bridgehead atoms. The SMILES string of the molecule is C1CCOC1.CC(C)(C(=O)O)c1cc(/C=C2\CCNS2(=O)=O)cc2c1OC(O)C2(C)C.CN=NN=N.CO.COC(=O)C(C)(C)c1cc(/C=C2\CCN(Cc3ccc(OC)cc3)S2(=O)=O)cc2c1OC(=O)C2(C)C.COC(=O)C(C)(C)c1cc(/C=C2\CCNS2(=O)=O)cc2c1OC(=O)C2(C)C.COC(=O)C(C)(C)c1cc([C@@H](O)[C@@H]2CCN(Cc3ccc(OC)cc3)S2(=O)=O)cc2c1OC(=O)C2(C)C.ClCCl.